The number of anilines is 2. The van der Waals surface area contributed by atoms with Gasteiger partial charge in [-0.05, 0) is 13.8 Å². The Hall–Kier alpha value is -2.11. The lowest BCUT2D eigenvalue weighted by molar-refractivity contribution is 0.326. The highest BCUT2D eigenvalue weighted by atomic mass is 16.5. The first-order chi connectivity index (χ1) is 8.17. The number of ether oxygens (including phenoxy) is 1. The van der Waals surface area contributed by atoms with Crippen LogP contribution in [0.4, 0.5) is 11.8 Å². The molecule has 0 aromatic carbocycles. The first-order valence-electron chi connectivity index (χ1n) is 5.42. The number of rotatable bonds is 4. The van der Waals surface area contributed by atoms with E-state index in [1.165, 1.54) is 0 Å². The highest BCUT2D eigenvalue weighted by Crippen LogP contribution is 2.15. The third-order valence-electron chi connectivity index (χ3n) is 2.08. The highest BCUT2D eigenvalue weighted by Gasteiger charge is 2.04. The molecule has 0 aliphatic rings. The molecule has 2 aromatic rings. The van der Waals surface area contributed by atoms with Crippen molar-refractivity contribution in [1.82, 2.24) is 19.7 Å². The van der Waals surface area contributed by atoms with E-state index in [0.29, 0.717) is 24.3 Å². The van der Waals surface area contributed by atoms with Crippen LogP contribution in [0.15, 0.2) is 18.3 Å². The molecule has 0 spiro atoms. The topological polar surface area (TPSA) is 64.9 Å². The number of nitrogens with zero attached hydrogens (tertiary/aromatic N) is 4. The fraction of sp³-hybridized carbons (Fsp3) is 0.364. The summed E-state index contributed by atoms with van der Waals surface area (Å²) >= 11 is 0. The Morgan fingerprint density at radius 2 is 2.24 bits per heavy atom. The Bertz CT molecular complexity index is 508. The van der Waals surface area contributed by atoms with Gasteiger partial charge in [0.25, 0.3) is 0 Å². The van der Waals surface area contributed by atoms with E-state index in [9.17, 15) is 0 Å². The van der Waals surface area contributed by atoms with Gasteiger partial charge in [0.2, 0.25) is 11.8 Å². The zero-order valence-electron chi connectivity index (χ0n) is 10.1. The van der Waals surface area contributed by atoms with Crippen LogP contribution in [0.3, 0.4) is 0 Å². The third-order valence-corrected chi connectivity index (χ3v) is 2.08. The summed E-state index contributed by atoms with van der Waals surface area (Å²) < 4.78 is 7.06. The summed E-state index contributed by atoms with van der Waals surface area (Å²) in [5, 5.41) is 7.23. The molecule has 0 fully saturated rings. The molecule has 6 heteroatoms. The van der Waals surface area contributed by atoms with Crippen LogP contribution in [0.25, 0.3) is 0 Å². The summed E-state index contributed by atoms with van der Waals surface area (Å²) in [6, 6.07) is 3.65. The van der Waals surface area contributed by atoms with Crippen molar-refractivity contribution in [3.8, 4) is 5.88 Å². The van der Waals surface area contributed by atoms with E-state index in [2.05, 4.69) is 20.4 Å². The molecule has 0 unspecified atom stereocenters. The average Bonchev–Trinajstić information content (AvgIpc) is 2.63. The number of aromatic nitrogens is 4. The number of aryl methyl sites for hydroxylation is 2. The Kier molecular flexibility index (Phi) is 3.22. The van der Waals surface area contributed by atoms with E-state index >= 15 is 0 Å². The second kappa shape index (κ2) is 4.82. The van der Waals surface area contributed by atoms with Crippen molar-refractivity contribution in [2.45, 2.75) is 13.8 Å². The van der Waals surface area contributed by atoms with Gasteiger partial charge in [0.1, 0.15) is 0 Å². The Morgan fingerprint density at radius 3 is 2.88 bits per heavy atom. The molecule has 1 N–H and O–H groups in total. The maximum atomic E-state index is 5.35. The van der Waals surface area contributed by atoms with E-state index in [4.69, 9.17) is 4.74 Å². The van der Waals surface area contributed by atoms with Gasteiger partial charge in [-0.15, -0.1) is 0 Å². The summed E-state index contributed by atoms with van der Waals surface area (Å²) in [5.74, 6) is 1.77. The van der Waals surface area contributed by atoms with Crippen LogP contribution in [-0.2, 0) is 7.05 Å². The summed E-state index contributed by atoms with van der Waals surface area (Å²) in [6.45, 7) is 4.40. The van der Waals surface area contributed by atoms with Crippen molar-refractivity contribution in [1.29, 1.82) is 0 Å². The Labute approximate surface area is 99.7 Å². The van der Waals surface area contributed by atoms with Crippen LogP contribution < -0.4 is 10.1 Å². The Balaban J connectivity index is 2.20. The quantitative estimate of drug-likeness (QED) is 0.870. The molecule has 90 valence electrons. The Morgan fingerprint density at radius 1 is 1.41 bits per heavy atom. The fourth-order valence-corrected chi connectivity index (χ4v) is 1.41. The molecular formula is C11H15N5O. The van der Waals surface area contributed by atoms with Crippen molar-refractivity contribution in [2.75, 3.05) is 11.9 Å². The first-order valence-corrected chi connectivity index (χ1v) is 5.42. The normalized spacial score (nSPS) is 10.3. The van der Waals surface area contributed by atoms with Crippen LogP contribution in [0, 0.1) is 6.92 Å². The van der Waals surface area contributed by atoms with E-state index in [1.54, 1.807) is 10.7 Å². The summed E-state index contributed by atoms with van der Waals surface area (Å²) in [6.07, 6.45) is 1.85. The van der Waals surface area contributed by atoms with Crippen LogP contribution in [0.2, 0.25) is 0 Å². The molecule has 2 aromatic heterocycles. The molecule has 0 aliphatic carbocycles. The van der Waals surface area contributed by atoms with E-state index in [-0.39, 0.29) is 0 Å². The van der Waals surface area contributed by atoms with Gasteiger partial charge in [0, 0.05) is 31.1 Å². The van der Waals surface area contributed by atoms with Crippen molar-refractivity contribution in [3.05, 3.63) is 24.0 Å². The third kappa shape index (κ3) is 2.93. The molecule has 0 aliphatic heterocycles. The van der Waals surface area contributed by atoms with Crippen molar-refractivity contribution < 1.29 is 4.74 Å². The standard InChI is InChI=1S/C11H15N5O/c1-4-17-10-7-8(2)12-11(14-10)13-9-5-6-16(3)15-9/h5-7H,4H2,1-3H3,(H,12,13,14,15). The number of hydrogen-bond acceptors (Lipinski definition) is 5. The van der Waals surface area contributed by atoms with Crippen LogP contribution in [-0.4, -0.2) is 26.4 Å². The average molecular weight is 233 g/mol. The summed E-state index contributed by atoms with van der Waals surface area (Å²) in [4.78, 5) is 8.50. The second-order valence-corrected chi connectivity index (χ2v) is 3.60. The van der Waals surface area contributed by atoms with Crippen LogP contribution >= 0.6 is 0 Å². The highest BCUT2D eigenvalue weighted by molar-refractivity contribution is 5.47. The van der Waals surface area contributed by atoms with Gasteiger partial charge < -0.3 is 10.1 Å². The lowest BCUT2D eigenvalue weighted by Gasteiger charge is -2.06. The van der Waals surface area contributed by atoms with Gasteiger partial charge in [-0.2, -0.15) is 10.1 Å². The number of hydrogen-bond donors (Lipinski definition) is 1. The predicted molar refractivity (Wildman–Crippen MR) is 64.4 cm³/mol. The smallest absolute Gasteiger partial charge is 0.231 e. The maximum Gasteiger partial charge on any atom is 0.231 e. The molecule has 17 heavy (non-hydrogen) atoms. The van der Waals surface area contributed by atoms with Crippen molar-refractivity contribution in [3.63, 3.8) is 0 Å². The molecule has 2 heterocycles. The van der Waals surface area contributed by atoms with Gasteiger partial charge in [-0.1, -0.05) is 0 Å². The lowest BCUT2D eigenvalue weighted by atomic mass is 10.4. The van der Waals surface area contributed by atoms with E-state index in [1.807, 2.05) is 33.2 Å². The molecule has 0 radical (unpaired) electrons. The van der Waals surface area contributed by atoms with E-state index < -0.39 is 0 Å². The molecule has 0 bridgehead atoms. The zero-order valence-corrected chi connectivity index (χ0v) is 10.1. The summed E-state index contributed by atoms with van der Waals surface area (Å²) in [7, 11) is 1.86. The zero-order chi connectivity index (χ0) is 12.3. The minimum Gasteiger partial charge on any atom is -0.478 e. The van der Waals surface area contributed by atoms with Crippen molar-refractivity contribution in [2.24, 2.45) is 7.05 Å². The molecule has 0 amide bonds. The molecule has 0 atom stereocenters. The minimum absolute atomic E-state index is 0.493. The van der Waals surface area contributed by atoms with Gasteiger partial charge in [-0.25, -0.2) is 4.98 Å². The molecule has 0 saturated carbocycles. The molecule has 0 saturated heterocycles. The molecule has 2 rings (SSSR count). The maximum absolute atomic E-state index is 5.35. The van der Waals surface area contributed by atoms with Crippen LogP contribution in [0.5, 0.6) is 5.88 Å². The van der Waals surface area contributed by atoms with Gasteiger partial charge >= 0.3 is 0 Å². The largest absolute Gasteiger partial charge is 0.478 e. The van der Waals surface area contributed by atoms with Crippen LogP contribution in [0.1, 0.15) is 12.6 Å². The number of nitrogens with one attached hydrogen (secondary N) is 1. The fourth-order valence-electron chi connectivity index (χ4n) is 1.41. The molecular weight excluding hydrogens is 218 g/mol. The monoisotopic (exact) mass is 233 g/mol. The van der Waals surface area contributed by atoms with E-state index in [0.717, 1.165) is 5.69 Å². The second-order valence-electron chi connectivity index (χ2n) is 3.60. The van der Waals surface area contributed by atoms with Gasteiger partial charge in [0.05, 0.1) is 6.61 Å². The minimum atomic E-state index is 0.493. The SMILES string of the molecule is CCOc1cc(C)nc(Nc2ccn(C)n2)n1. The first kappa shape index (κ1) is 11.4. The van der Waals surface area contributed by atoms with Gasteiger partial charge in [0.15, 0.2) is 5.82 Å². The van der Waals surface area contributed by atoms with Crippen molar-refractivity contribution >= 4 is 11.8 Å². The summed E-state index contributed by atoms with van der Waals surface area (Å²) in [5.41, 5.74) is 0.849. The van der Waals surface area contributed by atoms with Gasteiger partial charge in [-0.3, -0.25) is 4.68 Å². The molecule has 6 nitrogen and oxygen atoms in total. The lowest BCUT2D eigenvalue weighted by Crippen LogP contribution is -2.03. The predicted octanol–water partition coefficient (Wildman–Crippen LogP) is 1.66.